The van der Waals surface area contributed by atoms with E-state index in [1.54, 1.807) is 32.0 Å². The minimum Gasteiger partial charge on any atom is -0.508 e. The van der Waals surface area contributed by atoms with Gasteiger partial charge in [0.15, 0.2) is 17.6 Å². The van der Waals surface area contributed by atoms with Crippen LogP contribution in [-0.4, -0.2) is 70.4 Å². The number of carbonyl (C=O) groups is 1. The number of nitrogens with one attached hydrogen (secondary N) is 1. The molecule has 4 atom stereocenters. The summed E-state index contributed by atoms with van der Waals surface area (Å²) in [4.78, 5) is 21.1. The van der Waals surface area contributed by atoms with Crippen LogP contribution in [0.1, 0.15) is 62.1 Å². The first-order valence-electron chi connectivity index (χ1n) is 17.8. The maximum absolute atomic E-state index is 14.3. The van der Waals surface area contributed by atoms with E-state index in [1.165, 1.54) is 12.1 Å². The number of piperidine rings is 1. The highest BCUT2D eigenvalue weighted by atomic mass is 32.2. The molecule has 52 heavy (non-hydrogen) atoms. The summed E-state index contributed by atoms with van der Waals surface area (Å²) in [5, 5.41) is 32.3. The highest BCUT2D eigenvalue weighted by Crippen LogP contribution is 2.66. The van der Waals surface area contributed by atoms with Crippen molar-refractivity contribution in [2.24, 2.45) is 5.92 Å². The van der Waals surface area contributed by atoms with Crippen molar-refractivity contribution in [3.05, 3.63) is 101 Å². The zero-order valence-corrected chi connectivity index (χ0v) is 29.9. The van der Waals surface area contributed by atoms with E-state index in [4.69, 9.17) is 13.4 Å². The van der Waals surface area contributed by atoms with Crippen LogP contribution in [0.4, 0.5) is 0 Å². The van der Waals surface area contributed by atoms with Crippen molar-refractivity contribution in [1.29, 1.82) is 0 Å². The summed E-state index contributed by atoms with van der Waals surface area (Å²) in [6, 6.07) is 18.7. The smallest absolute Gasteiger partial charge is 0.339 e. The SMILES string of the molecule is Cc1ccc(S(=O)(=O)Oc2ccc3c4c2O[C@H]2C(O)=C(C(=O)NC(C)(C)c5nc(-c6ccccc6)no5)C[C@@]5(O)[C@@H](C3)N(CC3CC3)CC[C@]425)cc1. The zero-order valence-electron chi connectivity index (χ0n) is 29.1. The van der Waals surface area contributed by atoms with E-state index in [0.717, 1.165) is 36.1 Å². The van der Waals surface area contributed by atoms with Crippen LogP contribution < -0.4 is 14.2 Å². The van der Waals surface area contributed by atoms with Crippen LogP contribution in [0.15, 0.2) is 87.5 Å². The molecule has 2 fully saturated rings. The number of rotatable bonds is 9. The first kappa shape index (κ1) is 33.1. The quantitative estimate of drug-likeness (QED) is 0.202. The molecular formula is C39H40N4O8S. The first-order chi connectivity index (χ1) is 24.8. The molecule has 1 saturated carbocycles. The van der Waals surface area contributed by atoms with Gasteiger partial charge in [-0.05, 0) is 82.7 Å². The Labute approximate surface area is 301 Å². The monoisotopic (exact) mass is 724 g/mol. The average Bonchev–Trinajstić information content (AvgIpc) is 3.63. The molecule has 3 N–H and O–H groups in total. The Morgan fingerprint density at radius 1 is 1.10 bits per heavy atom. The summed E-state index contributed by atoms with van der Waals surface area (Å²) < 4.78 is 44.9. The van der Waals surface area contributed by atoms with E-state index in [1.807, 2.05) is 43.3 Å². The Balaban J connectivity index is 1.10. The third kappa shape index (κ3) is 4.92. The van der Waals surface area contributed by atoms with Crippen molar-refractivity contribution < 1.29 is 36.9 Å². The van der Waals surface area contributed by atoms with E-state index >= 15 is 0 Å². The van der Waals surface area contributed by atoms with Crippen LogP contribution in [0.25, 0.3) is 11.4 Å². The lowest BCUT2D eigenvalue weighted by Crippen LogP contribution is -2.76. The molecule has 2 aliphatic heterocycles. The third-order valence-electron chi connectivity index (χ3n) is 11.7. The minimum atomic E-state index is -4.26. The van der Waals surface area contributed by atoms with Crippen molar-refractivity contribution in [3.8, 4) is 22.9 Å². The summed E-state index contributed by atoms with van der Waals surface area (Å²) in [5.41, 5.74) is -0.640. The van der Waals surface area contributed by atoms with Crippen LogP contribution in [0.5, 0.6) is 11.5 Å². The van der Waals surface area contributed by atoms with E-state index in [9.17, 15) is 23.4 Å². The third-order valence-corrected chi connectivity index (χ3v) is 13.0. The molecule has 1 spiro atoms. The van der Waals surface area contributed by atoms with Gasteiger partial charge in [-0.2, -0.15) is 13.4 Å². The second-order valence-corrected chi connectivity index (χ2v) is 17.0. The maximum Gasteiger partial charge on any atom is 0.339 e. The van der Waals surface area contributed by atoms with E-state index in [0.29, 0.717) is 36.7 Å². The number of aliphatic hydroxyl groups is 2. The van der Waals surface area contributed by atoms with Gasteiger partial charge in [0.25, 0.3) is 11.8 Å². The van der Waals surface area contributed by atoms with Gasteiger partial charge in [0.05, 0.1) is 16.6 Å². The van der Waals surface area contributed by atoms with Crippen molar-refractivity contribution in [2.45, 2.75) is 86.5 Å². The summed E-state index contributed by atoms with van der Waals surface area (Å²) in [6.07, 6.45) is 1.87. The Bertz CT molecular complexity index is 2250. The van der Waals surface area contributed by atoms with Gasteiger partial charge in [0.2, 0.25) is 5.82 Å². The molecule has 13 heteroatoms. The average molecular weight is 725 g/mol. The van der Waals surface area contributed by atoms with Crippen molar-refractivity contribution in [1.82, 2.24) is 20.4 Å². The second-order valence-electron chi connectivity index (χ2n) is 15.5. The van der Waals surface area contributed by atoms with Crippen LogP contribution in [0, 0.1) is 12.8 Å². The normalized spacial score (nSPS) is 26.5. The highest BCUT2D eigenvalue weighted by Gasteiger charge is 2.73. The molecule has 270 valence electrons. The van der Waals surface area contributed by atoms with Gasteiger partial charge in [-0.15, -0.1) is 0 Å². The number of aliphatic hydroxyl groups excluding tert-OH is 1. The number of carbonyl (C=O) groups excluding carboxylic acids is 1. The fourth-order valence-electron chi connectivity index (χ4n) is 8.89. The highest BCUT2D eigenvalue weighted by molar-refractivity contribution is 7.87. The lowest BCUT2D eigenvalue weighted by Gasteiger charge is -2.62. The molecular weight excluding hydrogens is 685 g/mol. The van der Waals surface area contributed by atoms with E-state index in [-0.39, 0.29) is 46.1 Å². The molecule has 0 unspecified atom stereocenters. The number of amides is 1. The minimum absolute atomic E-state index is 0.0109. The zero-order chi connectivity index (χ0) is 36.2. The Hall–Kier alpha value is -4.72. The lowest BCUT2D eigenvalue weighted by molar-refractivity contribution is -0.172. The van der Waals surface area contributed by atoms with Gasteiger partial charge in [-0.1, -0.05) is 59.3 Å². The van der Waals surface area contributed by atoms with Gasteiger partial charge in [-0.3, -0.25) is 9.69 Å². The number of aryl methyl sites for hydroxylation is 1. The van der Waals surface area contributed by atoms with Crippen molar-refractivity contribution in [2.75, 3.05) is 13.1 Å². The van der Waals surface area contributed by atoms with Crippen LogP contribution in [-0.2, 0) is 32.3 Å². The maximum atomic E-state index is 14.3. The topological polar surface area (TPSA) is 164 Å². The summed E-state index contributed by atoms with van der Waals surface area (Å²) >= 11 is 0. The molecule has 3 aromatic carbocycles. The predicted molar refractivity (Wildman–Crippen MR) is 188 cm³/mol. The second kappa shape index (κ2) is 11.4. The predicted octanol–water partition coefficient (Wildman–Crippen LogP) is 4.85. The summed E-state index contributed by atoms with van der Waals surface area (Å²) in [7, 11) is -4.26. The largest absolute Gasteiger partial charge is 0.508 e. The van der Waals surface area contributed by atoms with Gasteiger partial charge in [-0.25, -0.2) is 0 Å². The molecule has 2 bridgehead atoms. The lowest BCUT2D eigenvalue weighted by atomic mass is 9.49. The Morgan fingerprint density at radius 2 is 1.85 bits per heavy atom. The molecule has 1 saturated heterocycles. The number of benzene rings is 3. The summed E-state index contributed by atoms with van der Waals surface area (Å²) in [5.74, 6) is 0.310. The van der Waals surface area contributed by atoms with E-state index < -0.39 is 38.7 Å². The number of nitrogens with zero attached hydrogens (tertiary/aromatic N) is 3. The van der Waals surface area contributed by atoms with Crippen LogP contribution in [0.2, 0.25) is 0 Å². The van der Waals surface area contributed by atoms with Crippen LogP contribution in [0.3, 0.4) is 0 Å². The molecule has 1 amide bonds. The number of aromatic nitrogens is 2. The number of hydrogen-bond acceptors (Lipinski definition) is 11. The molecule has 3 aliphatic carbocycles. The molecule has 1 aromatic heterocycles. The standard InChI is InChI=1S/C39H40N4O8S/c1-22-9-14-26(15-10-22)52(47,48)51-28-16-13-25-19-29-39(46)20-27(35(45)41-37(2,3)36-40-34(42-50-36)24-7-5-4-6-8-24)31(44)33-38(39,30(25)32(28)49-33)17-18-43(29)21-23-11-12-23/h4-10,13-16,23,29,33,44,46H,11-12,17-21H2,1-3H3,(H,41,45)/t29-,33+,38+,39-/m1/s1. The number of ether oxygens (including phenoxy) is 1. The molecule has 4 aromatic rings. The number of hydrogen-bond donors (Lipinski definition) is 3. The van der Waals surface area contributed by atoms with Crippen molar-refractivity contribution in [3.63, 3.8) is 0 Å². The molecule has 0 radical (unpaired) electrons. The molecule has 12 nitrogen and oxygen atoms in total. The van der Waals surface area contributed by atoms with Gasteiger partial charge in [0, 0.05) is 30.1 Å². The first-order valence-corrected chi connectivity index (χ1v) is 19.2. The fourth-order valence-corrected chi connectivity index (χ4v) is 9.82. The Kier molecular flexibility index (Phi) is 7.26. The number of likely N-dealkylation sites (tertiary alicyclic amines) is 1. The molecule has 9 rings (SSSR count). The van der Waals surface area contributed by atoms with Crippen LogP contribution >= 0.6 is 0 Å². The van der Waals surface area contributed by atoms with Gasteiger partial charge >= 0.3 is 10.1 Å². The Morgan fingerprint density at radius 3 is 2.58 bits per heavy atom. The molecule has 5 aliphatic rings. The fraction of sp³-hybridized carbons (Fsp3) is 0.410. The molecule has 3 heterocycles. The summed E-state index contributed by atoms with van der Waals surface area (Å²) in [6.45, 7) is 6.80. The van der Waals surface area contributed by atoms with Crippen molar-refractivity contribution >= 4 is 16.0 Å². The van der Waals surface area contributed by atoms with Gasteiger partial charge < -0.3 is 29.0 Å². The van der Waals surface area contributed by atoms with Gasteiger partial charge in [0.1, 0.15) is 16.2 Å². The van der Waals surface area contributed by atoms with E-state index in [2.05, 4.69) is 20.4 Å².